The van der Waals surface area contributed by atoms with E-state index in [1.807, 2.05) is 0 Å². The number of aliphatic hydroxyl groups is 1. The summed E-state index contributed by atoms with van der Waals surface area (Å²) in [7, 11) is -9.91. The van der Waals surface area contributed by atoms with Gasteiger partial charge in [0.1, 0.15) is 19.3 Å². The summed E-state index contributed by atoms with van der Waals surface area (Å²) >= 11 is 0. The number of unbranched alkanes of at least 4 members (excludes halogenated alkanes) is 43. The van der Waals surface area contributed by atoms with Crippen LogP contribution < -0.4 is 0 Å². The molecule has 0 saturated carbocycles. The second-order valence-electron chi connectivity index (χ2n) is 27.8. The zero-order valence-corrected chi connectivity index (χ0v) is 63.1. The Morgan fingerprint density at radius 2 is 0.543 bits per heavy atom. The van der Waals surface area contributed by atoms with E-state index in [4.69, 9.17) is 37.0 Å². The molecule has 0 bridgehead atoms. The molecule has 0 aliphatic rings. The molecule has 558 valence electrons. The maximum absolute atomic E-state index is 13.1. The molecule has 19 heteroatoms. The van der Waals surface area contributed by atoms with Gasteiger partial charge in [0.05, 0.1) is 26.4 Å². The van der Waals surface area contributed by atoms with Gasteiger partial charge in [0.25, 0.3) is 0 Å². The van der Waals surface area contributed by atoms with Crippen molar-refractivity contribution in [3.8, 4) is 0 Å². The first kappa shape index (κ1) is 92.1. The summed E-state index contributed by atoms with van der Waals surface area (Å²) in [6.45, 7) is 9.57. The fraction of sp³-hybridized carbons (Fsp3) is 0.947. The fourth-order valence-corrected chi connectivity index (χ4v) is 13.0. The number of hydrogen-bond acceptors (Lipinski definition) is 15. The number of rotatable bonds is 74. The van der Waals surface area contributed by atoms with E-state index in [9.17, 15) is 43.2 Å². The van der Waals surface area contributed by atoms with Crippen molar-refractivity contribution in [2.24, 2.45) is 11.8 Å². The Labute approximate surface area is 575 Å². The molecule has 0 aliphatic heterocycles. The number of hydrogen-bond donors (Lipinski definition) is 3. The van der Waals surface area contributed by atoms with Crippen LogP contribution in [-0.4, -0.2) is 96.7 Å². The second kappa shape index (κ2) is 66.9. The van der Waals surface area contributed by atoms with Crippen molar-refractivity contribution in [3.05, 3.63) is 0 Å². The van der Waals surface area contributed by atoms with Crippen LogP contribution in [0.25, 0.3) is 0 Å². The topological polar surface area (TPSA) is 237 Å². The van der Waals surface area contributed by atoms with E-state index < -0.39 is 97.5 Å². The summed E-state index contributed by atoms with van der Waals surface area (Å²) in [5.74, 6) is -0.598. The normalized spacial score (nSPS) is 14.3. The van der Waals surface area contributed by atoms with E-state index in [1.165, 1.54) is 199 Å². The summed E-state index contributed by atoms with van der Waals surface area (Å²) in [4.78, 5) is 72.8. The molecule has 0 saturated heterocycles. The predicted octanol–water partition coefficient (Wildman–Crippen LogP) is 21.9. The van der Waals surface area contributed by atoms with Crippen LogP contribution in [0.1, 0.15) is 388 Å². The van der Waals surface area contributed by atoms with Crippen molar-refractivity contribution in [2.45, 2.75) is 407 Å². The molecule has 0 aliphatic carbocycles. The zero-order valence-electron chi connectivity index (χ0n) is 61.3. The molecule has 0 rings (SSSR count). The zero-order chi connectivity index (χ0) is 69.3. The largest absolute Gasteiger partial charge is 0.472 e. The summed E-state index contributed by atoms with van der Waals surface area (Å²) in [6.07, 6.45) is 54.0. The van der Waals surface area contributed by atoms with Crippen LogP contribution >= 0.6 is 15.6 Å². The fourth-order valence-electron chi connectivity index (χ4n) is 11.4. The number of carbonyl (C=O) groups excluding carboxylic acids is 4. The van der Waals surface area contributed by atoms with Crippen LogP contribution in [-0.2, 0) is 65.4 Å². The Morgan fingerprint density at radius 3 is 0.809 bits per heavy atom. The van der Waals surface area contributed by atoms with Crippen LogP contribution in [0.15, 0.2) is 0 Å². The third-order valence-corrected chi connectivity index (χ3v) is 19.7. The highest BCUT2D eigenvalue weighted by molar-refractivity contribution is 7.47. The average molecular weight is 1380 g/mol. The third kappa shape index (κ3) is 67.3. The minimum Gasteiger partial charge on any atom is -0.462 e. The third-order valence-electron chi connectivity index (χ3n) is 17.8. The lowest BCUT2D eigenvalue weighted by atomic mass is 10.00. The van der Waals surface area contributed by atoms with Crippen LogP contribution in [0.3, 0.4) is 0 Å². The van der Waals surface area contributed by atoms with Gasteiger partial charge in [0.15, 0.2) is 12.2 Å². The maximum Gasteiger partial charge on any atom is 0.472 e. The molecular formula is C75H146O17P2. The Kier molecular flexibility index (Phi) is 65.5. The van der Waals surface area contributed by atoms with Crippen LogP contribution in [0.4, 0.5) is 0 Å². The van der Waals surface area contributed by atoms with Gasteiger partial charge in [-0.05, 0) is 37.5 Å². The molecule has 0 aromatic heterocycles. The van der Waals surface area contributed by atoms with Crippen molar-refractivity contribution in [1.82, 2.24) is 0 Å². The van der Waals surface area contributed by atoms with E-state index >= 15 is 0 Å². The number of phosphoric acid groups is 2. The van der Waals surface area contributed by atoms with Crippen molar-refractivity contribution < 1.29 is 80.2 Å². The molecule has 17 nitrogen and oxygen atoms in total. The van der Waals surface area contributed by atoms with E-state index in [0.717, 1.165) is 108 Å². The lowest BCUT2D eigenvalue weighted by molar-refractivity contribution is -0.161. The molecule has 3 unspecified atom stereocenters. The second-order valence-corrected chi connectivity index (χ2v) is 30.7. The molecule has 0 heterocycles. The first-order valence-corrected chi connectivity index (χ1v) is 42.0. The number of ether oxygens (including phenoxy) is 4. The first-order chi connectivity index (χ1) is 45.4. The molecule has 0 fully saturated rings. The molecule has 0 radical (unpaired) electrons. The van der Waals surface area contributed by atoms with Crippen LogP contribution in [0.2, 0.25) is 0 Å². The highest BCUT2D eigenvalue weighted by Crippen LogP contribution is 2.45. The predicted molar refractivity (Wildman–Crippen MR) is 381 cm³/mol. The minimum atomic E-state index is -4.96. The number of aliphatic hydroxyl groups excluding tert-OH is 1. The van der Waals surface area contributed by atoms with Crippen LogP contribution in [0, 0.1) is 11.8 Å². The van der Waals surface area contributed by atoms with Gasteiger partial charge in [-0.1, -0.05) is 337 Å². The van der Waals surface area contributed by atoms with Crippen molar-refractivity contribution in [1.29, 1.82) is 0 Å². The Hall–Kier alpha value is -1.94. The van der Waals surface area contributed by atoms with Gasteiger partial charge < -0.3 is 33.8 Å². The standard InChI is InChI=1S/C75H146O17P2/c1-7-10-12-14-16-18-20-22-23-24-27-31-34-38-45-51-57-72(77)85-63-70(91-75(80)60-54-48-40-36-32-28-25-26-29-33-37-43-49-55-67(4)5)65-89-93(81,82)87-61-69(76)62-88-94(83,84)90-66-71(64-86-73(78)58-52-46-42-41-44-50-56-68(6)9-3)92-74(79)59-53-47-39-35-30-21-19-17-15-13-11-8-2/h67-71,76H,7-66H2,1-6H3,(H,81,82)(H,83,84)/t68?,69-,70-,71-/m1/s1. The summed E-state index contributed by atoms with van der Waals surface area (Å²) in [5.41, 5.74) is 0. The summed E-state index contributed by atoms with van der Waals surface area (Å²) in [5, 5.41) is 10.6. The first-order valence-electron chi connectivity index (χ1n) is 39.0. The molecule has 6 atom stereocenters. The quantitative estimate of drug-likeness (QED) is 0.0222. The summed E-state index contributed by atoms with van der Waals surface area (Å²) in [6, 6.07) is 0. The lowest BCUT2D eigenvalue weighted by Crippen LogP contribution is -2.30. The Balaban J connectivity index is 5.25. The van der Waals surface area contributed by atoms with Gasteiger partial charge in [-0.3, -0.25) is 37.3 Å². The molecule has 0 spiro atoms. The van der Waals surface area contributed by atoms with E-state index in [-0.39, 0.29) is 25.7 Å². The van der Waals surface area contributed by atoms with E-state index in [0.29, 0.717) is 25.7 Å². The van der Waals surface area contributed by atoms with E-state index in [2.05, 4.69) is 41.5 Å². The van der Waals surface area contributed by atoms with E-state index in [1.54, 1.807) is 0 Å². The van der Waals surface area contributed by atoms with Gasteiger partial charge >= 0.3 is 39.5 Å². The van der Waals surface area contributed by atoms with Gasteiger partial charge in [0, 0.05) is 25.7 Å². The Bertz CT molecular complexity index is 1820. The highest BCUT2D eigenvalue weighted by atomic mass is 31.2. The number of esters is 4. The van der Waals surface area contributed by atoms with Gasteiger partial charge in [-0.2, -0.15) is 0 Å². The molecule has 94 heavy (non-hydrogen) atoms. The highest BCUT2D eigenvalue weighted by Gasteiger charge is 2.30. The molecule has 3 N–H and O–H groups in total. The number of carbonyl (C=O) groups is 4. The Morgan fingerprint density at radius 1 is 0.309 bits per heavy atom. The monoisotopic (exact) mass is 1380 g/mol. The minimum absolute atomic E-state index is 0.106. The average Bonchev–Trinajstić information content (AvgIpc) is 2.06. The number of phosphoric ester groups is 2. The van der Waals surface area contributed by atoms with Gasteiger partial charge in [-0.25, -0.2) is 9.13 Å². The van der Waals surface area contributed by atoms with Crippen molar-refractivity contribution in [3.63, 3.8) is 0 Å². The van der Waals surface area contributed by atoms with Gasteiger partial charge in [-0.15, -0.1) is 0 Å². The van der Waals surface area contributed by atoms with Gasteiger partial charge in [0.2, 0.25) is 0 Å². The van der Waals surface area contributed by atoms with Crippen LogP contribution in [0.5, 0.6) is 0 Å². The lowest BCUT2D eigenvalue weighted by Gasteiger charge is -2.21. The molecule has 0 amide bonds. The molecule has 0 aromatic rings. The van der Waals surface area contributed by atoms with Crippen molar-refractivity contribution in [2.75, 3.05) is 39.6 Å². The smallest absolute Gasteiger partial charge is 0.462 e. The SMILES string of the molecule is CCCCCCCCCCCCCCCCCCC(=O)OC[C@H](COP(=O)(O)OC[C@@H](O)COP(=O)(O)OC[C@@H](COC(=O)CCCCCCCCC(C)CC)OC(=O)CCCCCCCCCCCCCC)OC(=O)CCCCCCCCCCCCCCCC(C)C. The molecule has 0 aromatic carbocycles. The summed E-state index contributed by atoms with van der Waals surface area (Å²) < 4.78 is 68.5. The molecular weight excluding hydrogens is 1230 g/mol. The maximum atomic E-state index is 13.1. The van der Waals surface area contributed by atoms with Crippen molar-refractivity contribution >= 4 is 39.5 Å².